The minimum atomic E-state index is -0.371. The average Bonchev–Trinajstić information content (AvgIpc) is 3.50. The standard InChI is InChI=1S/C24H26N2O4/c1-2-22(28)20-12-17(23(29)11-16-7-8-16)13-26(24(20)30)15-18-14-25(9-10-27)21-6-4-3-5-19(18)21/h3-6,12-14,16,27H,2,7-11,15H2,1H3. The maximum atomic E-state index is 13.0. The van der Waals surface area contributed by atoms with Crippen LogP contribution in [0, 0.1) is 5.92 Å². The maximum absolute atomic E-state index is 13.0. The number of pyridine rings is 1. The number of para-hydroxylation sites is 1. The highest BCUT2D eigenvalue weighted by Gasteiger charge is 2.26. The van der Waals surface area contributed by atoms with Gasteiger partial charge in [-0.1, -0.05) is 25.1 Å². The molecule has 1 fully saturated rings. The number of hydrogen-bond acceptors (Lipinski definition) is 4. The predicted octanol–water partition coefficient (Wildman–Crippen LogP) is 3.42. The molecule has 3 aromatic rings. The number of aromatic nitrogens is 2. The van der Waals surface area contributed by atoms with E-state index in [1.165, 1.54) is 10.6 Å². The minimum Gasteiger partial charge on any atom is -0.395 e. The molecule has 0 amide bonds. The lowest BCUT2D eigenvalue weighted by molar-refractivity contribution is 0.0975. The highest BCUT2D eigenvalue weighted by atomic mass is 16.3. The molecule has 1 aliphatic rings. The molecule has 1 N–H and O–H groups in total. The topological polar surface area (TPSA) is 81.3 Å². The van der Waals surface area contributed by atoms with Crippen molar-refractivity contribution in [1.82, 2.24) is 9.13 Å². The summed E-state index contributed by atoms with van der Waals surface area (Å²) in [7, 11) is 0. The van der Waals surface area contributed by atoms with Crippen molar-refractivity contribution in [3.63, 3.8) is 0 Å². The van der Waals surface area contributed by atoms with Gasteiger partial charge in [0.05, 0.1) is 18.7 Å². The van der Waals surface area contributed by atoms with Gasteiger partial charge in [0.1, 0.15) is 0 Å². The molecule has 6 nitrogen and oxygen atoms in total. The summed E-state index contributed by atoms with van der Waals surface area (Å²) in [6, 6.07) is 9.29. The fraction of sp³-hybridized carbons (Fsp3) is 0.375. The van der Waals surface area contributed by atoms with Crippen LogP contribution in [0.4, 0.5) is 0 Å². The van der Waals surface area contributed by atoms with Crippen LogP contribution in [0.3, 0.4) is 0 Å². The summed E-state index contributed by atoms with van der Waals surface area (Å²) >= 11 is 0. The van der Waals surface area contributed by atoms with Crippen molar-refractivity contribution < 1.29 is 14.7 Å². The van der Waals surface area contributed by atoms with Gasteiger partial charge in [-0.25, -0.2) is 0 Å². The van der Waals surface area contributed by atoms with Crippen molar-refractivity contribution in [2.24, 2.45) is 5.92 Å². The summed E-state index contributed by atoms with van der Waals surface area (Å²) in [5, 5.41) is 10.4. The first-order valence-electron chi connectivity index (χ1n) is 10.5. The van der Waals surface area contributed by atoms with Gasteiger partial charge in [-0.05, 0) is 36.5 Å². The molecule has 0 aliphatic heterocycles. The van der Waals surface area contributed by atoms with Crippen molar-refractivity contribution in [3.05, 3.63) is 69.8 Å². The van der Waals surface area contributed by atoms with Gasteiger partial charge in [0, 0.05) is 48.2 Å². The zero-order valence-electron chi connectivity index (χ0n) is 17.1. The third-order valence-electron chi connectivity index (χ3n) is 5.75. The molecule has 0 radical (unpaired) electrons. The number of benzene rings is 1. The quantitative estimate of drug-likeness (QED) is 0.552. The lowest BCUT2D eigenvalue weighted by atomic mass is 10.0. The summed E-state index contributed by atoms with van der Waals surface area (Å²) in [6.45, 7) is 2.44. The van der Waals surface area contributed by atoms with Crippen molar-refractivity contribution in [3.8, 4) is 0 Å². The second kappa shape index (κ2) is 8.40. The van der Waals surface area contributed by atoms with E-state index in [1.807, 2.05) is 35.0 Å². The van der Waals surface area contributed by atoms with E-state index >= 15 is 0 Å². The van der Waals surface area contributed by atoms with Crippen molar-refractivity contribution in [2.45, 2.75) is 45.7 Å². The van der Waals surface area contributed by atoms with E-state index < -0.39 is 0 Å². The number of aliphatic hydroxyl groups is 1. The number of nitrogens with zero attached hydrogens (tertiary/aromatic N) is 2. The fourth-order valence-corrected chi connectivity index (χ4v) is 3.92. The van der Waals surface area contributed by atoms with Crippen molar-refractivity contribution >= 4 is 22.5 Å². The summed E-state index contributed by atoms with van der Waals surface area (Å²) in [5.41, 5.74) is 2.02. The lowest BCUT2D eigenvalue weighted by Crippen LogP contribution is -2.28. The van der Waals surface area contributed by atoms with Crippen molar-refractivity contribution in [1.29, 1.82) is 0 Å². The zero-order chi connectivity index (χ0) is 21.3. The first-order valence-corrected chi connectivity index (χ1v) is 10.5. The van der Waals surface area contributed by atoms with Gasteiger partial charge in [-0.2, -0.15) is 0 Å². The van der Waals surface area contributed by atoms with Crippen LogP contribution in [0.5, 0.6) is 0 Å². The Kier molecular flexibility index (Phi) is 5.68. The van der Waals surface area contributed by atoms with E-state index in [2.05, 4.69) is 0 Å². The maximum Gasteiger partial charge on any atom is 0.261 e. The normalized spacial score (nSPS) is 13.7. The highest BCUT2D eigenvalue weighted by molar-refractivity contribution is 6.01. The zero-order valence-corrected chi connectivity index (χ0v) is 17.1. The summed E-state index contributed by atoms with van der Waals surface area (Å²) in [5.74, 6) is 0.163. The Morgan fingerprint density at radius 1 is 1.10 bits per heavy atom. The number of ketones is 2. The Morgan fingerprint density at radius 3 is 2.57 bits per heavy atom. The molecule has 0 spiro atoms. The van der Waals surface area contributed by atoms with E-state index in [0.29, 0.717) is 24.4 Å². The molecule has 2 heterocycles. The van der Waals surface area contributed by atoms with Gasteiger partial charge < -0.3 is 14.2 Å². The second-order valence-electron chi connectivity index (χ2n) is 8.01. The van der Waals surface area contributed by atoms with Gasteiger partial charge in [-0.15, -0.1) is 0 Å². The van der Waals surface area contributed by atoms with Crippen LogP contribution in [0.1, 0.15) is 58.9 Å². The monoisotopic (exact) mass is 406 g/mol. The third-order valence-corrected chi connectivity index (χ3v) is 5.75. The molecule has 156 valence electrons. The number of carbonyl (C=O) groups excluding carboxylic acids is 2. The Hall–Kier alpha value is -2.99. The smallest absolute Gasteiger partial charge is 0.261 e. The number of rotatable bonds is 9. The van der Waals surface area contributed by atoms with Crippen LogP contribution < -0.4 is 5.56 Å². The second-order valence-corrected chi connectivity index (χ2v) is 8.01. The number of carbonyl (C=O) groups is 2. The van der Waals surface area contributed by atoms with E-state index in [-0.39, 0.29) is 42.3 Å². The van der Waals surface area contributed by atoms with Gasteiger partial charge in [0.2, 0.25) is 0 Å². The fourth-order valence-electron chi connectivity index (χ4n) is 3.92. The van der Waals surface area contributed by atoms with Crippen LogP contribution in [-0.4, -0.2) is 32.4 Å². The van der Waals surface area contributed by atoms with E-state index in [9.17, 15) is 19.5 Å². The molecule has 0 saturated heterocycles. The molecule has 0 unspecified atom stereocenters. The molecule has 2 aromatic heterocycles. The van der Waals surface area contributed by atoms with Gasteiger partial charge in [0.15, 0.2) is 11.6 Å². The van der Waals surface area contributed by atoms with Crippen LogP contribution in [-0.2, 0) is 13.1 Å². The summed E-state index contributed by atoms with van der Waals surface area (Å²) < 4.78 is 3.43. The first kappa shape index (κ1) is 20.3. The molecule has 1 saturated carbocycles. The van der Waals surface area contributed by atoms with Gasteiger partial charge in [-0.3, -0.25) is 14.4 Å². The van der Waals surface area contributed by atoms with Crippen LogP contribution >= 0.6 is 0 Å². The highest BCUT2D eigenvalue weighted by Crippen LogP contribution is 2.33. The number of aliphatic hydroxyl groups excluding tert-OH is 1. The van der Waals surface area contributed by atoms with Gasteiger partial charge in [0.25, 0.3) is 5.56 Å². The molecule has 1 aromatic carbocycles. The summed E-state index contributed by atoms with van der Waals surface area (Å²) in [4.78, 5) is 38.1. The molecular formula is C24H26N2O4. The molecular weight excluding hydrogens is 380 g/mol. The van der Waals surface area contributed by atoms with Crippen LogP contribution in [0.15, 0.2) is 47.5 Å². The van der Waals surface area contributed by atoms with E-state index in [1.54, 1.807) is 13.1 Å². The van der Waals surface area contributed by atoms with E-state index in [4.69, 9.17) is 0 Å². The number of hydrogen-bond donors (Lipinski definition) is 1. The molecule has 0 atom stereocenters. The molecule has 30 heavy (non-hydrogen) atoms. The number of fused-ring (bicyclic) bond motifs is 1. The molecule has 1 aliphatic carbocycles. The van der Waals surface area contributed by atoms with Crippen molar-refractivity contribution in [2.75, 3.05) is 6.61 Å². The largest absolute Gasteiger partial charge is 0.395 e. The van der Waals surface area contributed by atoms with Crippen LogP contribution in [0.25, 0.3) is 10.9 Å². The average molecular weight is 406 g/mol. The Morgan fingerprint density at radius 2 is 1.87 bits per heavy atom. The summed E-state index contributed by atoms with van der Waals surface area (Å²) in [6.07, 6.45) is 6.33. The Bertz CT molecular complexity index is 1170. The molecule has 0 bridgehead atoms. The van der Waals surface area contributed by atoms with E-state index in [0.717, 1.165) is 29.3 Å². The SMILES string of the molecule is CCC(=O)c1cc(C(=O)CC2CC2)cn(Cc2cn(CCO)c3ccccc23)c1=O. The third kappa shape index (κ3) is 4.00. The predicted molar refractivity (Wildman–Crippen MR) is 115 cm³/mol. The number of Topliss-reactive ketones (excluding diaryl/α,β-unsaturated/α-hetero) is 2. The Balaban J connectivity index is 1.78. The molecule has 6 heteroatoms. The van der Waals surface area contributed by atoms with Gasteiger partial charge >= 0.3 is 0 Å². The first-order chi connectivity index (χ1) is 14.5. The lowest BCUT2D eigenvalue weighted by Gasteiger charge is -2.11. The Labute approximate surface area is 174 Å². The molecule has 4 rings (SSSR count). The van der Waals surface area contributed by atoms with Crippen LogP contribution in [0.2, 0.25) is 0 Å². The minimum absolute atomic E-state index is 0.0123.